The topological polar surface area (TPSA) is 25.8 Å². The van der Waals surface area contributed by atoms with E-state index in [2.05, 4.69) is 198 Å². The molecule has 0 bridgehead atoms. The minimum Gasteiger partial charge on any atom is -0.228 e. The van der Waals surface area contributed by atoms with Crippen molar-refractivity contribution < 1.29 is 0 Å². The van der Waals surface area contributed by atoms with Crippen LogP contribution in [0.5, 0.6) is 0 Å². The number of hydrogen-bond donors (Lipinski definition) is 0. The van der Waals surface area contributed by atoms with Crippen LogP contribution in [-0.4, -0.2) is 9.97 Å². The van der Waals surface area contributed by atoms with E-state index in [0.29, 0.717) is 0 Å². The Balaban J connectivity index is 1.06. The van der Waals surface area contributed by atoms with E-state index in [1.54, 1.807) is 0 Å². The smallest absolute Gasteiger partial charge is 0.161 e. The SMILES string of the molecule is CC1(C)c2ccccc2-c2ccc(-c3cc(-c4ccccc4)nc(-c4ccc(-c5ccc6c(c5)C(C)(C)c5ccc7ccccc7c5-6)c5ccccc45)n3)cc21. The Morgan fingerprint density at radius 2 is 0.893 bits per heavy atom. The second-order valence-electron chi connectivity index (χ2n) is 16.6. The lowest BCUT2D eigenvalue weighted by Crippen LogP contribution is -2.15. The summed E-state index contributed by atoms with van der Waals surface area (Å²) in [7, 11) is 0. The molecule has 0 spiro atoms. The standard InChI is InChI=1S/C54H40N2/c1-53(2)45-21-13-12-20-41(45)42-25-23-36(31-47(42)53)50-32-49(34-15-6-5-7-16-34)55-52(56-50)43-28-27-37(39-18-10-11-19-40(39)43)35-22-26-44-48(30-35)54(3,4)46-29-24-33-14-8-9-17-38(33)51(44)46/h5-32H,1-4H3. The molecule has 2 aliphatic carbocycles. The molecule has 0 saturated heterocycles. The van der Waals surface area contributed by atoms with Gasteiger partial charge in [-0.05, 0) is 101 Å². The van der Waals surface area contributed by atoms with E-state index in [1.165, 1.54) is 71.8 Å². The number of benzene rings is 8. The molecule has 56 heavy (non-hydrogen) atoms. The van der Waals surface area contributed by atoms with E-state index in [4.69, 9.17) is 9.97 Å². The van der Waals surface area contributed by atoms with Gasteiger partial charge >= 0.3 is 0 Å². The van der Waals surface area contributed by atoms with Gasteiger partial charge < -0.3 is 0 Å². The second-order valence-corrected chi connectivity index (χ2v) is 16.6. The molecule has 8 aromatic carbocycles. The molecule has 1 heterocycles. The number of hydrogen-bond acceptors (Lipinski definition) is 2. The summed E-state index contributed by atoms with van der Waals surface area (Å²) in [6.45, 7) is 9.40. The maximum absolute atomic E-state index is 5.38. The molecule has 2 aliphatic rings. The van der Waals surface area contributed by atoms with Crippen LogP contribution in [0.2, 0.25) is 0 Å². The van der Waals surface area contributed by atoms with Crippen molar-refractivity contribution in [2.24, 2.45) is 0 Å². The normalized spacial score (nSPS) is 14.4. The Morgan fingerprint density at radius 3 is 1.71 bits per heavy atom. The number of rotatable bonds is 4. The molecule has 0 saturated carbocycles. The van der Waals surface area contributed by atoms with Gasteiger partial charge in [-0.1, -0.05) is 173 Å². The Labute approximate surface area is 328 Å². The van der Waals surface area contributed by atoms with E-state index in [0.717, 1.165) is 39.3 Å². The summed E-state index contributed by atoms with van der Waals surface area (Å²) in [5.74, 6) is 0.726. The highest BCUT2D eigenvalue weighted by molar-refractivity contribution is 6.06. The number of fused-ring (bicyclic) bond motifs is 9. The summed E-state index contributed by atoms with van der Waals surface area (Å²) in [5.41, 5.74) is 18.1. The molecule has 0 unspecified atom stereocenters. The average Bonchev–Trinajstić information content (AvgIpc) is 3.62. The van der Waals surface area contributed by atoms with E-state index >= 15 is 0 Å². The number of nitrogens with zero attached hydrogens (tertiary/aromatic N) is 2. The first-order valence-electron chi connectivity index (χ1n) is 19.7. The van der Waals surface area contributed by atoms with Crippen LogP contribution in [0, 0.1) is 0 Å². The maximum Gasteiger partial charge on any atom is 0.161 e. The van der Waals surface area contributed by atoms with Crippen molar-refractivity contribution >= 4 is 21.5 Å². The van der Waals surface area contributed by atoms with Crippen LogP contribution in [0.4, 0.5) is 0 Å². The quantitative estimate of drug-likeness (QED) is 0.181. The zero-order chi connectivity index (χ0) is 37.8. The van der Waals surface area contributed by atoms with Crippen molar-refractivity contribution in [1.29, 1.82) is 0 Å². The van der Waals surface area contributed by atoms with Gasteiger partial charge in [-0.3, -0.25) is 0 Å². The van der Waals surface area contributed by atoms with Crippen molar-refractivity contribution in [2.45, 2.75) is 38.5 Å². The maximum atomic E-state index is 5.38. The number of aromatic nitrogens is 2. The van der Waals surface area contributed by atoms with Crippen molar-refractivity contribution in [1.82, 2.24) is 9.97 Å². The van der Waals surface area contributed by atoms with Crippen LogP contribution in [-0.2, 0) is 10.8 Å². The van der Waals surface area contributed by atoms with Crippen molar-refractivity contribution in [3.63, 3.8) is 0 Å². The molecule has 0 radical (unpaired) electrons. The third-order valence-corrected chi connectivity index (χ3v) is 12.7. The molecule has 9 aromatic rings. The molecular weight excluding hydrogens is 677 g/mol. The van der Waals surface area contributed by atoms with Crippen molar-refractivity contribution in [3.05, 3.63) is 192 Å². The van der Waals surface area contributed by atoms with Crippen LogP contribution in [0.1, 0.15) is 49.9 Å². The fourth-order valence-electron chi connectivity index (χ4n) is 9.76. The molecular formula is C54H40N2. The molecule has 0 atom stereocenters. The zero-order valence-electron chi connectivity index (χ0n) is 32.1. The molecule has 11 rings (SSSR count). The summed E-state index contributed by atoms with van der Waals surface area (Å²) >= 11 is 0. The minimum absolute atomic E-state index is 0.102. The lowest BCUT2D eigenvalue weighted by Gasteiger charge is -2.22. The van der Waals surface area contributed by atoms with E-state index < -0.39 is 0 Å². The van der Waals surface area contributed by atoms with E-state index in [9.17, 15) is 0 Å². The fourth-order valence-corrected chi connectivity index (χ4v) is 9.76. The highest BCUT2D eigenvalue weighted by Gasteiger charge is 2.37. The Kier molecular flexibility index (Phi) is 6.98. The third-order valence-electron chi connectivity index (χ3n) is 12.7. The summed E-state index contributed by atoms with van der Waals surface area (Å²) < 4.78 is 0. The second kappa shape index (κ2) is 11.9. The first kappa shape index (κ1) is 32.8. The lowest BCUT2D eigenvalue weighted by atomic mass is 9.81. The van der Waals surface area contributed by atoms with E-state index in [-0.39, 0.29) is 10.8 Å². The predicted octanol–water partition coefficient (Wildman–Crippen LogP) is 14.1. The van der Waals surface area contributed by atoms with Gasteiger partial charge in [-0.15, -0.1) is 0 Å². The highest BCUT2D eigenvalue weighted by Crippen LogP contribution is 2.53. The largest absolute Gasteiger partial charge is 0.228 e. The van der Waals surface area contributed by atoms with Crippen molar-refractivity contribution in [3.8, 4) is 67.3 Å². The van der Waals surface area contributed by atoms with Gasteiger partial charge in [0, 0.05) is 27.5 Å². The fraction of sp³-hybridized carbons (Fsp3) is 0.111. The molecule has 0 N–H and O–H groups in total. The van der Waals surface area contributed by atoms with Gasteiger partial charge in [-0.25, -0.2) is 9.97 Å². The van der Waals surface area contributed by atoms with Crippen LogP contribution in [0.25, 0.3) is 88.8 Å². The van der Waals surface area contributed by atoms with E-state index in [1.807, 2.05) is 0 Å². The monoisotopic (exact) mass is 716 g/mol. The van der Waals surface area contributed by atoms with Gasteiger partial charge in [0.05, 0.1) is 11.4 Å². The first-order chi connectivity index (χ1) is 27.3. The average molecular weight is 717 g/mol. The summed E-state index contributed by atoms with van der Waals surface area (Å²) in [5, 5.41) is 4.94. The summed E-state index contributed by atoms with van der Waals surface area (Å²) in [6.07, 6.45) is 0. The van der Waals surface area contributed by atoms with Crippen LogP contribution < -0.4 is 0 Å². The van der Waals surface area contributed by atoms with Crippen LogP contribution in [0.15, 0.2) is 170 Å². The summed E-state index contributed by atoms with van der Waals surface area (Å²) in [6, 6.07) is 62.0. The van der Waals surface area contributed by atoms with Gasteiger partial charge in [-0.2, -0.15) is 0 Å². The molecule has 0 amide bonds. The molecule has 0 fully saturated rings. The molecule has 2 heteroatoms. The molecule has 266 valence electrons. The van der Waals surface area contributed by atoms with Crippen molar-refractivity contribution in [2.75, 3.05) is 0 Å². The minimum atomic E-state index is -0.113. The zero-order valence-corrected chi connectivity index (χ0v) is 32.1. The van der Waals surface area contributed by atoms with Crippen LogP contribution >= 0.6 is 0 Å². The summed E-state index contributed by atoms with van der Waals surface area (Å²) in [4.78, 5) is 10.7. The Morgan fingerprint density at radius 1 is 0.339 bits per heavy atom. The van der Waals surface area contributed by atoms with Gasteiger partial charge in [0.2, 0.25) is 0 Å². The lowest BCUT2D eigenvalue weighted by molar-refractivity contribution is 0.660. The Hall–Kier alpha value is -6.64. The highest BCUT2D eigenvalue weighted by atomic mass is 14.9. The van der Waals surface area contributed by atoms with Gasteiger partial charge in [0.15, 0.2) is 5.82 Å². The predicted molar refractivity (Wildman–Crippen MR) is 234 cm³/mol. The first-order valence-corrected chi connectivity index (χ1v) is 19.7. The van der Waals surface area contributed by atoms with Gasteiger partial charge in [0.1, 0.15) is 0 Å². The molecule has 2 nitrogen and oxygen atoms in total. The molecule has 1 aromatic heterocycles. The van der Waals surface area contributed by atoms with Gasteiger partial charge in [0.25, 0.3) is 0 Å². The molecule has 0 aliphatic heterocycles. The van der Waals surface area contributed by atoms with Crippen LogP contribution in [0.3, 0.4) is 0 Å². The Bertz CT molecular complexity index is 3080. The third kappa shape index (κ3) is 4.75.